The highest BCUT2D eigenvalue weighted by Crippen LogP contribution is 2.20. The van der Waals surface area contributed by atoms with Crippen molar-refractivity contribution in [1.29, 1.82) is 0 Å². The fourth-order valence-corrected chi connectivity index (χ4v) is 3.79. The molecule has 22 heavy (non-hydrogen) atoms. The highest BCUT2D eigenvalue weighted by atomic mass is 35.5. The van der Waals surface area contributed by atoms with Crippen LogP contribution < -0.4 is 4.72 Å². The Morgan fingerprint density at radius 1 is 1.23 bits per heavy atom. The molecule has 2 N–H and O–H groups in total. The molecular formula is C16H26ClNO3S. The average molecular weight is 348 g/mol. The van der Waals surface area contributed by atoms with Gasteiger partial charge in [-0.1, -0.05) is 51.6 Å². The molecule has 0 radical (unpaired) electrons. The summed E-state index contributed by atoms with van der Waals surface area (Å²) in [5.74, 6) is 0.0499. The number of benzene rings is 1. The van der Waals surface area contributed by atoms with Gasteiger partial charge in [0.05, 0.1) is 17.0 Å². The van der Waals surface area contributed by atoms with Gasteiger partial charge >= 0.3 is 0 Å². The second kappa shape index (κ2) is 8.87. The fourth-order valence-electron chi connectivity index (χ4n) is 2.28. The zero-order valence-corrected chi connectivity index (χ0v) is 15.0. The summed E-state index contributed by atoms with van der Waals surface area (Å²) in [7, 11) is -3.67. The SMILES string of the molecule is CCCCC(O)[C@@H](NS(=O)(=O)c1ccc(Cl)cc1)[C@@H](C)CC. The van der Waals surface area contributed by atoms with Crippen LogP contribution in [0.4, 0.5) is 0 Å². The summed E-state index contributed by atoms with van der Waals surface area (Å²) in [5, 5.41) is 10.8. The maximum absolute atomic E-state index is 12.5. The molecule has 0 aliphatic heterocycles. The van der Waals surface area contributed by atoms with Crippen LogP contribution >= 0.6 is 11.6 Å². The van der Waals surface area contributed by atoms with Crippen molar-refractivity contribution in [3.8, 4) is 0 Å². The molecule has 3 atom stereocenters. The number of nitrogens with one attached hydrogen (secondary N) is 1. The predicted octanol–water partition coefficient (Wildman–Crippen LogP) is 3.58. The largest absolute Gasteiger partial charge is 0.391 e. The molecule has 0 heterocycles. The number of hydrogen-bond acceptors (Lipinski definition) is 3. The van der Waals surface area contributed by atoms with Gasteiger partial charge in [-0.2, -0.15) is 0 Å². The van der Waals surface area contributed by atoms with Crippen molar-refractivity contribution in [3.63, 3.8) is 0 Å². The summed E-state index contributed by atoms with van der Waals surface area (Å²) in [4.78, 5) is 0.160. The lowest BCUT2D eigenvalue weighted by Gasteiger charge is -2.28. The van der Waals surface area contributed by atoms with Crippen LogP contribution in [0.2, 0.25) is 5.02 Å². The van der Waals surface area contributed by atoms with Gasteiger partial charge in [-0.25, -0.2) is 13.1 Å². The Kier molecular flexibility index (Phi) is 7.83. The summed E-state index contributed by atoms with van der Waals surface area (Å²) < 4.78 is 27.6. The van der Waals surface area contributed by atoms with Crippen LogP contribution in [0.5, 0.6) is 0 Å². The van der Waals surface area contributed by atoms with Gasteiger partial charge in [-0.15, -0.1) is 0 Å². The van der Waals surface area contributed by atoms with Gasteiger partial charge in [0.25, 0.3) is 0 Å². The van der Waals surface area contributed by atoms with Crippen molar-refractivity contribution in [2.24, 2.45) is 5.92 Å². The Morgan fingerprint density at radius 3 is 2.32 bits per heavy atom. The van der Waals surface area contributed by atoms with Crippen molar-refractivity contribution in [1.82, 2.24) is 4.72 Å². The zero-order chi connectivity index (χ0) is 16.8. The molecular weight excluding hydrogens is 322 g/mol. The van der Waals surface area contributed by atoms with E-state index in [4.69, 9.17) is 11.6 Å². The van der Waals surface area contributed by atoms with Crippen LogP contribution in [0, 0.1) is 5.92 Å². The molecule has 0 aliphatic rings. The molecule has 1 aromatic rings. The molecule has 0 saturated carbocycles. The highest BCUT2D eigenvalue weighted by Gasteiger charge is 2.29. The molecule has 0 bridgehead atoms. The van der Waals surface area contributed by atoms with E-state index in [0.717, 1.165) is 19.3 Å². The first kappa shape index (κ1) is 19.4. The van der Waals surface area contributed by atoms with Gasteiger partial charge < -0.3 is 5.11 Å². The van der Waals surface area contributed by atoms with Crippen molar-refractivity contribution >= 4 is 21.6 Å². The Balaban J connectivity index is 2.94. The lowest BCUT2D eigenvalue weighted by atomic mass is 9.92. The molecule has 1 unspecified atom stereocenters. The third-order valence-corrected chi connectivity index (χ3v) is 5.67. The summed E-state index contributed by atoms with van der Waals surface area (Å²) in [6.07, 6.45) is 2.54. The maximum Gasteiger partial charge on any atom is 0.240 e. The standard InChI is InChI=1S/C16H26ClNO3S/c1-4-6-7-15(19)16(12(3)5-2)18-22(20,21)14-10-8-13(17)9-11-14/h8-12,15-16,18-19H,4-7H2,1-3H3/t12-,15?,16-/m0/s1. The van der Waals surface area contributed by atoms with Crippen LogP contribution in [0.25, 0.3) is 0 Å². The molecule has 0 amide bonds. The van der Waals surface area contributed by atoms with Gasteiger partial charge in [0.2, 0.25) is 10.0 Å². The Morgan fingerprint density at radius 2 is 1.82 bits per heavy atom. The van der Waals surface area contributed by atoms with Crippen molar-refractivity contribution < 1.29 is 13.5 Å². The minimum absolute atomic E-state index is 0.0499. The van der Waals surface area contributed by atoms with Crippen molar-refractivity contribution in [2.75, 3.05) is 0 Å². The molecule has 6 heteroatoms. The lowest BCUT2D eigenvalue weighted by molar-refractivity contribution is 0.101. The number of sulfonamides is 1. The van der Waals surface area contributed by atoms with Crippen LogP contribution in [0.15, 0.2) is 29.2 Å². The smallest absolute Gasteiger partial charge is 0.240 e. The van der Waals surface area contributed by atoms with E-state index in [1.807, 2.05) is 20.8 Å². The Labute approximate surface area is 138 Å². The number of hydrogen-bond donors (Lipinski definition) is 2. The van der Waals surface area contributed by atoms with Gasteiger partial charge in [-0.3, -0.25) is 0 Å². The van der Waals surface area contributed by atoms with E-state index in [1.54, 1.807) is 12.1 Å². The normalized spacial score (nSPS) is 16.2. The number of aliphatic hydroxyl groups is 1. The third kappa shape index (κ3) is 5.54. The van der Waals surface area contributed by atoms with E-state index in [1.165, 1.54) is 12.1 Å². The predicted molar refractivity (Wildman–Crippen MR) is 90.5 cm³/mol. The Hall–Kier alpha value is -0.620. The Bertz CT molecular complexity index is 545. The van der Waals surface area contributed by atoms with Crippen LogP contribution in [-0.2, 0) is 10.0 Å². The summed E-state index contributed by atoms with van der Waals surface area (Å²) >= 11 is 5.79. The molecule has 0 aromatic heterocycles. The fraction of sp³-hybridized carbons (Fsp3) is 0.625. The molecule has 0 fully saturated rings. The van der Waals surface area contributed by atoms with E-state index in [2.05, 4.69) is 4.72 Å². The van der Waals surface area contributed by atoms with E-state index in [0.29, 0.717) is 11.4 Å². The molecule has 0 spiro atoms. The molecule has 0 aliphatic carbocycles. The monoisotopic (exact) mass is 347 g/mol. The number of aliphatic hydroxyl groups excluding tert-OH is 1. The second-order valence-corrected chi connectivity index (χ2v) is 7.85. The van der Waals surface area contributed by atoms with E-state index >= 15 is 0 Å². The average Bonchev–Trinajstić information content (AvgIpc) is 2.50. The lowest BCUT2D eigenvalue weighted by Crippen LogP contribution is -2.47. The first-order chi connectivity index (χ1) is 10.3. The quantitative estimate of drug-likeness (QED) is 0.717. The molecule has 4 nitrogen and oxygen atoms in total. The summed E-state index contributed by atoms with van der Waals surface area (Å²) in [6.45, 7) is 5.98. The third-order valence-electron chi connectivity index (χ3n) is 3.94. The van der Waals surface area contributed by atoms with Crippen molar-refractivity contribution in [3.05, 3.63) is 29.3 Å². The maximum atomic E-state index is 12.5. The summed E-state index contributed by atoms with van der Waals surface area (Å²) in [5.41, 5.74) is 0. The minimum atomic E-state index is -3.67. The topological polar surface area (TPSA) is 66.4 Å². The van der Waals surface area contributed by atoms with E-state index in [9.17, 15) is 13.5 Å². The minimum Gasteiger partial charge on any atom is -0.391 e. The molecule has 1 aromatic carbocycles. The number of rotatable bonds is 9. The molecule has 1 rings (SSSR count). The summed E-state index contributed by atoms with van der Waals surface area (Å²) in [6, 6.07) is 5.54. The highest BCUT2D eigenvalue weighted by molar-refractivity contribution is 7.89. The first-order valence-corrected chi connectivity index (χ1v) is 9.63. The number of unbranched alkanes of at least 4 members (excludes halogenated alkanes) is 1. The molecule has 0 saturated heterocycles. The van der Waals surface area contributed by atoms with Gasteiger partial charge in [0, 0.05) is 5.02 Å². The van der Waals surface area contributed by atoms with Gasteiger partial charge in [-0.05, 0) is 36.6 Å². The van der Waals surface area contributed by atoms with Crippen LogP contribution in [0.1, 0.15) is 46.5 Å². The molecule has 126 valence electrons. The van der Waals surface area contributed by atoms with Crippen molar-refractivity contribution in [2.45, 2.75) is 63.5 Å². The van der Waals surface area contributed by atoms with Crippen LogP contribution in [-0.4, -0.2) is 25.7 Å². The van der Waals surface area contributed by atoms with E-state index < -0.39 is 22.2 Å². The number of halogens is 1. The van der Waals surface area contributed by atoms with E-state index in [-0.39, 0.29) is 10.8 Å². The second-order valence-electron chi connectivity index (χ2n) is 5.70. The van der Waals surface area contributed by atoms with Crippen LogP contribution in [0.3, 0.4) is 0 Å². The first-order valence-electron chi connectivity index (χ1n) is 7.77. The van der Waals surface area contributed by atoms with Gasteiger partial charge in [0.15, 0.2) is 0 Å². The van der Waals surface area contributed by atoms with Gasteiger partial charge in [0.1, 0.15) is 0 Å². The zero-order valence-electron chi connectivity index (χ0n) is 13.4.